The second kappa shape index (κ2) is 10.3. The Morgan fingerprint density at radius 2 is 1.68 bits per heavy atom. The number of aromatic nitrogens is 1. The van der Waals surface area contributed by atoms with Crippen LogP contribution in [0.3, 0.4) is 0 Å². The molecule has 1 N–H and O–H groups in total. The smallest absolute Gasteiger partial charge is 0.295 e. The number of methoxy groups -OCH3 is 1. The molecule has 1 atom stereocenters. The van der Waals surface area contributed by atoms with Crippen LogP contribution in [0.4, 0.5) is 0 Å². The quantitative estimate of drug-likeness (QED) is 0.311. The van der Waals surface area contributed by atoms with Crippen LogP contribution in [0.5, 0.6) is 5.75 Å². The van der Waals surface area contributed by atoms with E-state index in [9.17, 15) is 14.7 Å². The second-order valence-corrected chi connectivity index (χ2v) is 8.06. The number of rotatable bonds is 8. The molecule has 0 radical (unpaired) electrons. The second-order valence-electron chi connectivity index (χ2n) is 8.06. The molecular formula is C27H26N2O5. The van der Waals surface area contributed by atoms with Gasteiger partial charge in [0.25, 0.3) is 11.7 Å². The number of pyridine rings is 1. The molecule has 1 unspecified atom stereocenters. The van der Waals surface area contributed by atoms with Gasteiger partial charge in [0.05, 0.1) is 18.2 Å². The highest BCUT2D eigenvalue weighted by atomic mass is 16.5. The van der Waals surface area contributed by atoms with Gasteiger partial charge in [-0.05, 0) is 42.3 Å². The van der Waals surface area contributed by atoms with Crippen molar-refractivity contribution >= 4 is 17.4 Å². The first kappa shape index (κ1) is 23.2. The van der Waals surface area contributed by atoms with Crippen LogP contribution in [0.2, 0.25) is 0 Å². The Hall–Kier alpha value is -3.97. The summed E-state index contributed by atoms with van der Waals surface area (Å²) >= 11 is 0. The third-order valence-corrected chi connectivity index (χ3v) is 5.75. The molecule has 1 aromatic heterocycles. The Kier molecular flexibility index (Phi) is 7.04. The van der Waals surface area contributed by atoms with Gasteiger partial charge in [-0.2, -0.15) is 0 Å². The standard InChI is InChI=1S/C27H26N2O5/c1-18-3-5-19(6-4-18)17-34-22-9-7-20(8-10-22)24-23(25(30)21-11-13-28-14-12-21)26(31)27(32)29(24)15-16-33-2/h3-14,24,30H,15-17H2,1-2H3/b25-23-. The summed E-state index contributed by atoms with van der Waals surface area (Å²) in [4.78, 5) is 31.1. The number of benzene rings is 2. The van der Waals surface area contributed by atoms with Crippen molar-refractivity contribution in [3.05, 3.63) is 101 Å². The number of aliphatic hydroxyl groups excluding tert-OH is 1. The monoisotopic (exact) mass is 458 g/mol. The maximum atomic E-state index is 12.9. The first-order chi connectivity index (χ1) is 16.5. The molecule has 0 spiro atoms. The first-order valence-corrected chi connectivity index (χ1v) is 11.0. The van der Waals surface area contributed by atoms with Crippen molar-refractivity contribution in [2.45, 2.75) is 19.6 Å². The van der Waals surface area contributed by atoms with E-state index in [1.165, 1.54) is 30.0 Å². The minimum Gasteiger partial charge on any atom is -0.507 e. The zero-order chi connectivity index (χ0) is 24.1. The fourth-order valence-electron chi connectivity index (χ4n) is 3.91. The Morgan fingerprint density at radius 3 is 2.32 bits per heavy atom. The van der Waals surface area contributed by atoms with E-state index in [0.717, 1.165) is 5.56 Å². The first-order valence-electron chi connectivity index (χ1n) is 11.0. The molecule has 1 aliphatic rings. The molecule has 0 saturated carbocycles. The lowest BCUT2D eigenvalue weighted by atomic mass is 9.95. The van der Waals surface area contributed by atoms with Gasteiger partial charge >= 0.3 is 0 Å². The molecule has 7 nitrogen and oxygen atoms in total. The van der Waals surface area contributed by atoms with Crippen molar-refractivity contribution in [1.29, 1.82) is 0 Å². The van der Waals surface area contributed by atoms with Gasteiger partial charge in [0.2, 0.25) is 0 Å². The summed E-state index contributed by atoms with van der Waals surface area (Å²) in [5.74, 6) is -0.967. The fraction of sp³-hybridized carbons (Fsp3) is 0.222. The van der Waals surface area contributed by atoms with E-state index in [2.05, 4.69) is 4.98 Å². The highest BCUT2D eigenvalue weighted by Gasteiger charge is 2.45. The minimum atomic E-state index is -0.741. The van der Waals surface area contributed by atoms with Gasteiger partial charge in [-0.3, -0.25) is 14.6 Å². The van der Waals surface area contributed by atoms with E-state index in [4.69, 9.17) is 9.47 Å². The van der Waals surface area contributed by atoms with Crippen LogP contribution in [0.25, 0.3) is 5.76 Å². The molecule has 1 amide bonds. The van der Waals surface area contributed by atoms with Gasteiger partial charge in [-0.25, -0.2) is 0 Å². The zero-order valence-electron chi connectivity index (χ0n) is 19.1. The molecule has 2 heterocycles. The van der Waals surface area contributed by atoms with Crippen molar-refractivity contribution in [2.24, 2.45) is 0 Å². The molecule has 7 heteroatoms. The molecule has 4 rings (SSSR count). The lowest BCUT2D eigenvalue weighted by Crippen LogP contribution is -2.32. The third kappa shape index (κ3) is 4.84. The lowest BCUT2D eigenvalue weighted by molar-refractivity contribution is -0.140. The van der Waals surface area contributed by atoms with Gasteiger partial charge in [0.1, 0.15) is 18.1 Å². The molecule has 174 valence electrons. The number of carbonyl (C=O) groups excluding carboxylic acids is 2. The number of aliphatic hydroxyl groups is 1. The summed E-state index contributed by atoms with van der Waals surface area (Å²) in [5, 5.41) is 11.0. The van der Waals surface area contributed by atoms with Gasteiger partial charge in [-0.15, -0.1) is 0 Å². The van der Waals surface area contributed by atoms with E-state index < -0.39 is 17.7 Å². The van der Waals surface area contributed by atoms with Crippen LogP contribution >= 0.6 is 0 Å². The number of likely N-dealkylation sites (tertiary alicyclic amines) is 1. The van der Waals surface area contributed by atoms with Crippen LogP contribution in [-0.2, 0) is 20.9 Å². The van der Waals surface area contributed by atoms with Crippen molar-refractivity contribution in [3.63, 3.8) is 0 Å². The van der Waals surface area contributed by atoms with Crippen molar-refractivity contribution in [3.8, 4) is 5.75 Å². The van der Waals surface area contributed by atoms with Gasteiger partial charge < -0.3 is 19.5 Å². The number of hydrogen-bond donors (Lipinski definition) is 1. The predicted octanol–water partition coefficient (Wildman–Crippen LogP) is 4.04. The van der Waals surface area contributed by atoms with E-state index in [0.29, 0.717) is 23.5 Å². The molecule has 34 heavy (non-hydrogen) atoms. The van der Waals surface area contributed by atoms with Gasteiger partial charge in [0.15, 0.2) is 0 Å². The van der Waals surface area contributed by atoms with Crippen molar-refractivity contribution in [1.82, 2.24) is 9.88 Å². The van der Waals surface area contributed by atoms with Crippen LogP contribution in [-0.4, -0.2) is 46.9 Å². The number of hydrogen-bond acceptors (Lipinski definition) is 6. The molecule has 0 bridgehead atoms. The SMILES string of the molecule is COCCN1C(=O)C(=O)/C(=C(\O)c2ccncc2)C1c1ccc(OCc2ccc(C)cc2)cc1. The highest BCUT2D eigenvalue weighted by Crippen LogP contribution is 2.39. The number of ether oxygens (including phenoxy) is 2. The largest absolute Gasteiger partial charge is 0.507 e. The minimum absolute atomic E-state index is 0.0422. The molecule has 1 aliphatic heterocycles. The molecule has 3 aromatic rings. The summed E-state index contributed by atoms with van der Waals surface area (Å²) in [6.07, 6.45) is 3.04. The Morgan fingerprint density at radius 1 is 1.00 bits per heavy atom. The van der Waals surface area contributed by atoms with Crippen molar-refractivity contribution < 1.29 is 24.2 Å². The topological polar surface area (TPSA) is 89.0 Å². The fourth-order valence-corrected chi connectivity index (χ4v) is 3.91. The van der Waals surface area contributed by atoms with Gasteiger partial charge in [0, 0.05) is 31.6 Å². The number of nitrogens with zero attached hydrogens (tertiary/aromatic N) is 2. The number of amides is 1. The summed E-state index contributed by atoms with van der Waals surface area (Å²) in [6, 6.07) is 17.8. The molecule has 1 fully saturated rings. The van der Waals surface area contributed by atoms with E-state index in [-0.39, 0.29) is 24.5 Å². The molecule has 1 saturated heterocycles. The maximum absolute atomic E-state index is 12.9. The maximum Gasteiger partial charge on any atom is 0.295 e. The lowest BCUT2D eigenvalue weighted by Gasteiger charge is -2.25. The summed E-state index contributed by atoms with van der Waals surface area (Å²) in [7, 11) is 1.53. The number of carbonyl (C=O) groups is 2. The predicted molar refractivity (Wildman–Crippen MR) is 127 cm³/mol. The molecule has 2 aromatic carbocycles. The summed E-state index contributed by atoms with van der Waals surface area (Å²) < 4.78 is 11.0. The Balaban J connectivity index is 1.64. The Bertz CT molecular complexity index is 1190. The van der Waals surface area contributed by atoms with E-state index in [1.54, 1.807) is 36.4 Å². The number of aryl methyl sites for hydroxylation is 1. The number of ketones is 1. The van der Waals surface area contributed by atoms with Gasteiger partial charge in [-0.1, -0.05) is 42.0 Å². The zero-order valence-corrected chi connectivity index (χ0v) is 19.1. The summed E-state index contributed by atoms with van der Waals surface area (Å²) in [5.41, 5.74) is 3.39. The van der Waals surface area contributed by atoms with Crippen molar-refractivity contribution in [2.75, 3.05) is 20.3 Å². The van der Waals surface area contributed by atoms with Crippen LogP contribution < -0.4 is 4.74 Å². The van der Waals surface area contributed by atoms with Crippen LogP contribution in [0.1, 0.15) is 28.3 Å². The average molecular weight is 459 g/mol. The highest BCUT2D eigenvalue weighted by molar-refractivity contribution is 6.46. The van der Waals surface area contributed by atoms with Crippen LogP contribution in [0.15, 0.2) is 78.6 Å². The average Bonchev–Trinajstić information content (AvgIpc) is 3.12. The molecule has 0 aliphatic carbocycles. The van der Waals surface area contributed by atoms with Crippen LogP contribution in [0, 0.1) is 6.92 Å². The van der Waals surface area contributed by atoms with E-state index in [1.807, 2.05) is 31.2 Å². The number of Topliss-reactive ketones (excluding diaryl/α,β-unsaturated/α-hetero) is 1. The van der Waals surface area contributed by atoms with E-state index >= 15 is 0 Å². The third-order valence-electron chi connectivity index (χ3n) is 5.75. The Labute approximate surface area is 198 Å². The normalized spacial score (nSPS) is 17.2. The molecular weight excluding hydrogens is 432 g/mol. The summed E-state index contributed by atoms with van der Waals surface area (Å²) in [6.45, 7) is 2.93.